The first-order valence-electron chi connectivity index (χ1n) is 14.0. The SMILES string of the molecule is Cc1cc(Cl)cc(-c2ccnc3cc(CN4C(=O)CCC4=O)sc23)c1OC1CCN(C(=O)CCCCCN)CC1. The Morgan fingerprint density at radius 3 is 2.58 bits per heavy atom. The number of piperidine rings is 1. The number of benzene rings is 1. The largest absolute Gasteiger partial charge is 0.489 e. The van der Waals surface area contributed by atoms with Crippen molar-refractivity contribution < 1.29 is 19.1 Å². The first kappa shape index (κ1) is 28.5. The number of pyridine rings is 1. The number of aryl methyl sites for hydroxylation is 1. The molecule has 2 N–H and O–H groups in total. The Morgan fingerprint density at radius 1 is 1.10 bits per heavy atom. The van der Waals surface area contributed by atoms with E-state index in [1.54, 1.807) is 6.20 Å². The third-order valence-electron chi connectivity index (χ3n) is 7.64. The van der Waals surface area contributed by atoms with Crippen LogP contribution in [0.2, 0.25) is 5.02 Å². The fourth-order valence-electron chi connectivity index (χ4n) is 5.46. The summed E-state index contributed by atoms with van der Waals surface area (Å²) in [4.78, 5) is 45.7. The number of thiophene rings is 1. The van der Waals surface area contributed by atoms with E-state index in [1.807, 2.05) is 36.1 Å². The number of nitrogens with two attached hydrogens (primary N) is 1. The zero-order valence-corrected chi connectivity index (χ0v) is 24.4. The predicted molar refractivity (Wildman–Crippen MR) is 157 cm³/mol. The zero-order valence-electron chi connectivity index (χ0n) is 22.8. The minimum atomic E-state index is -0.129. The van der Waals surface area contributed by atoms with E-state index in [-0.39, 0.29) is 43.2 Å². The Balaban J connectivity index is 1.34. The maximum Gasteiger partial charge on any atom is 0.230 e. The van der Waals surface area contributed by atoms with Crippen molar-refractivity contribution in [2.24, 2.45) is 5.73 Å². The number of aromatic nitrogens is 1. The molecule has 0 bridgehead atoms. The van der Waals surface area contributed by atoms with Crippen LogP contribution < -0.4 is 10.5 Å². The molecule has 1 aromatic carbocycles. The molecule has 0 aliphatic carbocycles. The number of carbonyl (C=O) groups excluding carboxylic acids is 3. The number of likely N-dealkylation sites (tertiary alicyclic amines) is 2. The second-order valence-electron chi connectivity index (χ2n) is 10.6. The molecule has 0 atom stereocenters. The summed E-state index contributed by atoms with van der Waals surface area (Å²) < 4.78 is 7.59. The van der Waals surface area contributed by atoms with Gasteiger partial charge >= 0.3 is 0 Å². The fourth-order valence-corrected chi connectivity index (χ4v) is 6.87. The number of unbranched alkanes of at least 4 members (excludes halogenated alkanes) is 2. The second kappa shape index (κ2) is 12.7. The molecule has 2 saturated heterocycles. The van der Waals surface area contributed by atoms with Crippen molar-refractivity contribution >= 4 is 50.9 Å². The molecule has 2 fully saturated rings. The molecule has 4 heterocycles. The van der Waals surface area contributed by atoms with Crippen LogP contribution in [0.25, 0.3) is 21.3 Å². The minimum Gasteiger partial charge on any atom is -0.489 e. The van der Waals surface area contributed by atoms with E-state index in [1.165, 1.54) is 16.2 Å². The van der Waals surface area contributed by atoms with Gasteiger partial charge in [0.25, 0.3) is 0 Å². The van der Waals surface area contributed by atoms with Crippen molar-refractivity contribution in [2.45, 2.75) is 70.9 Å². The number of fused-ring (bicyclic) bond motifs is 1. The van der Waals surface area contributed by atoms with Crippen LogP contribution in [0.5, 0.6) is 5.75 Å². The van der Waals surface area contributed by atoms with E-state index >= 15 is 0 Å². The normalized spacial score (nSPS) is 16.4. The summed E-state index contributed by atoms with van der Waals surface area (Å²) in [5, 5.41) is 0.616. The Labute approximate surface area is 243 Å². The molecule has 8 nitrogen and oxygen atoms in total. The van der Waals surface area contributed by atoms with Gasteiger partial charge in [-0.25, -0.2) is 0 Å². The quantitative estimate of drug-likeness (QED) is 0.251. The lowest BCUT2D eigenvalue weighted by Crippen LogP contribution is -2.41. The smallest absolute Gasteiger partial charge is 0.230 e. The first-order valence-corrected chi connectivity index (χ1v) is 15.2. The third kappa shape index (κ3) is 6.32. The van der Waals surface area contributed by atoms with Gasteiger partial charge in [0.15, 0.2) is 0 Å². The van der Waals surface area contributed by atoms with Crippen LogP contribution in [-0.2, 0) is 20.9 Å². The van der Waals surface area contributed by atoms with E-state index < -0.39 is 0 Å². The summed E-state index contributed by atoms with van der Waals surface area (Å²) >= 11 is 8.06. The van der Waals surface area contributed by atoms with Crippen LogP contribution in [0.1, 0.15) is 61.8 Å². The molecule has 0 spiro atoms. The molecule has 5 rings (SSSR count). The van der Waals surface area contributed by atoms with Gasteiger partial charge in [0, 0.05) is 72.4 Å². The zero-order chi connectivity index (χ0) is 28.2. The highest BCUT2D eigenvalue weighted by Crippen LogP contribution is 2.42. The number of hydrogen-bond donors (Lipinski definition) is 1. The van der Waals surface area contributed by atoms with Gasteiger partial charge in [-0.05, 0) is 56.1 Å². The molecular weight excluding hydrogens is 548 g/mol. The van der Waals surface area contributed by atoms with Crippen molar-refractivity contribution in [3.63, 3.8) is 0 Å². The molecule has 3 aromatic rings. The van der Waals surface area contributed by atoms with E-state index in [9.17, 15) is 14.4 Å². The number of imide groups is 1. The number of ether oxygens (including phenoxy) is 1. The lowest BCUT2D eigenvalue weighted by molar-refractivity contribution is -0.139. The highest BCUT2D eigenvalue weighted by atomic mass is 35.5. The number of rotatable bonds is 10. The van der Waals surface area contributed by atoms with Crippen molar-refractivity contribution in [1.82, 2.24) is 14.8 Å². The van der Waals surface area contributed by atoms with Gasteiger partial charge in [0.1, 0.15) is 11.9 Å². The van der Waals surface area contributed by atoms with Crippen LogP contribution >= 0.6 is 22.9 Å². The van der Waals surface area contributed by atoms with Crippen LogP contribution in [0.4, 0.5) is 0 Å². The summed E-state index contributed by atoms with van der Waals surface area (Å²) in [6, 6.07) is 7.73. The molecule has 0 radical (unpaired) electrons. The van der Waals surface area contributed by atoms with Gasteiger partial charge < -0.3 is 15.4 Å². The van der Waals surface area contributed by atoms with E-state index in [2.05, 4.69) is 4.98 Å². The molecule has 2 aliphatic rings. The Bertz CT molecular complexity index is 1400. The summed E-state index contributed by atoms with van der Waals surface area (Å²) in [6.45, 7) is 4.30. The maximum atomic E-state index is 12.6. The van der Waals surface area contributed by atoms with Gasteiger partial charge in [-0.15, -0.1) is 11.3 Å². The number of carbonyl (C=O) groups is 3. The number of hydrogen-bond acceptors (Lipinski definition) is 7. The maximum absolute atomic E-state index is 12.6. The standard InChI is InChI=1S/C30H35ClN4O4S/c1-19-15-20(31)16-24(29(19)39-21-9-13-34(14-10-21)26(36)5-3-2-4-11-32)23-8-12-33-25-17-22(40-30(23)25)18-35-27(37)6-7-28(35)38/h8,12,15-17,21H,2-7,9-11,13-14,18,32H2,1H3. The number of nitrogens with zero attached hydrogens (tertiary/aromatic N) is 3. The average Bonchev–Trinajstić information content (AvgIpc) is 3.50. The summed E-state index contributed by atoms with van der Waals surface area (Å²) in [5.74, 6) is 0.736. The van der Waals surface area contributed by atoms with Crippen LogP contribution in [0, 0.1) is 6.92 Å². The van der Waals surface area contributed by atoms with E-state index in [0.717, 1.165) is 69.6 Å². The Kier molecular flexibility index (Phi) is 9.03. The highest BCUT2D eigenvalue weighted by molar-refractivity contribution is 7.19. The summed E-state index contributed by atoms with van der Waals surface area (Å²) in [5.41, 5.74) is 9.14. The monoisotopic (exact) mass is 582 g/mol. The van der Waals surface area contributed by atoms with Crippen LogP contribution in [0.15, 0.2) is 30.5 Å². The lowest BCUT2D eigenvalue weighted by Gasteiger charge is -2.33. The Hall–Kier alpha value is -3.01. The van der Waals surface area contributed by atoms with Gasteiger partial charge in [-0.3, -0.25) is 24.3 Å². The van der Waals surface area contributed by atoms with E-state index in [0.29, 0.717) is 31.1 Å². The minimum absolute atomic E-state index is 0.0108. The molecule has 10 heteroatoms. The molecular formula is C30H35ClN4O4S. The lowest BCUT2D eigenvalue weighted by atomic mass is 10.0. The first-order chi connectivity index (χ1) is 19.3. The number of halogens is 1. The topological polar surface area (TPSA) is 106 Å². The highest BCUT2D eigenvalue weighted by Gasteiger charge is 2.30. The molecule has 40 heavy (non-hydrogen) atoms. The molecule has 0 saturated carbocycles. The van der Waals surface area contributed by atoms with Crippen LogP contribution in [-0.4, -0.2) is 58.2 Å². The van der Waals surface area contributed by atoms with Crippen molar-refractivity contribution in [1.29, 1.82) is 0 Å². The van der Waals surface area contributed by atoms with Crippen molar-refractivity contribution in [3.05, 3.63) is 45.9 Å². The van der Waals surface area contributed by atoms with Gasteiger partial charge in [-0.2, -0.15) is 0 Å². The third-order valence-corrected chi connectivity index (χ3v) is 9.00. The van der Waals surface area contributed by atoms with Gasteiger partial charge in [0.05, 0.1) is 16.8 Å². The van der Waals surface area contributed by atoms with E-state index in [4.69, 9.17) is 22.1 Å². The summed E-state index contributed by atoms with van der Waals surface area (Å²) in [7, 11) is 0. The molecule has 0 unspecified atom stereocenters. The van der Waals surface area contributed by atoms with Crippen LogP contribution in [0.3, 0.4) is 0 Å². The Morgan fingerprint density at radius 2 is 1.85 bits per heavy atom. The summed E-state index contributed by atoms with van der Waals surface area (Å²) in [6.07, 6.45) is 7.24. The average molecular weight is 583 g/mol. The van der Waals surface area contributed by atoms with Crippen molar-refractivity contribution in [2.75, 3.05) is 19.6 Å². The van der Waals surface area contributed by atoms with Gasteiger partial charge in [0.2, 0.25) is 17.7 Å². The second-order valence-corrected chi connectivity index (χ2v) is 12.1. The van der Waals surface area contributed by atoms with Crippen molar-refractivity contribution in [3.8, 4) is 16.9 Å². The predicted octanol–water partition coefficient (Wildman–Crippen LogP) is 5.46. The fraction of sp³-hybridized carbons (Fsp3) is 0.467. The van der Waals surface area contributed by atoms with Gasteiger partial charge in [-0.1, -0.05) is 18.0 Å². The number of amides is 3. The molecule has 212 valence electrons. The molecule has 3 amide bonds. The molecule has 2 aliphatic heterocycles. The molecule has 2 aromatic heterocycles.